The Morgan fingerprint density at radius 1 is 1.53 bits per heavy atom. The number of aliphatic hydroxyl groups is 1. The number of carbonyl (C=O) groups excluding carboxylic acids is 1. The quantitative estimate of drug-likeness (QED) is 0.740. The first-order valence-corrected chi connectivity index (χ1v) is 4.84. The highest BCUT2D eigenvalue weighted by Crippen LogP contribution is 2.36. The van der Waals surface area contributed by atoms with Gasteiger partial charge in [0.05, 0.1) is 0 Å². The van der Waals surface area contributed by atoms with Crippen LogP contribution in [0.15, 0.2) is 36.9 Å². The first kappa shape index (κ1) is 9.93. The molecular weight excluding hydrogens is 190 g/mol. The van der Waals surface area contributed by atoms with Gasteiger partial charge in [-0.25, -0.2) is 0 Å². The topological polar surface area (TPSA) is 40.5 Å². The molecule has 3 heteroatoms. The maximum Gasteiger partial charge on any atom is 0.257 e. The molecule has 0 spiro atoms. The maximum atomic E-state index is 11.9. The molecule has 0 aliphatic carbocycles. The summed E-state index contributed by atoms with van der Waals surface area (Å²) in [7, 11) is 0. The molecule has 1 aliphatic heterocycles. The standard InChI is InChI=1S/C12H13NO2/c1-3-8-13-11(14)9-6-4-5-7-10(9)12(13,2)15/h3-7,15H,1,8H2,2H3. The van der Waals surface area contributed by atoms with E-state index in [1.54, 1.807) is 31.2 Å². The Bertz CT molecular complexity index is 423. The Morgan fingerprint density at radius 2 is 2.20 bits per heavy atom. The number of fused-ring (bicyclic) bond motifs is 1. The van der Waals surface area contributed by atoms with Gasteiger partial charge in [-0.3, -0.25) is 4.79 Å². The molecule has 0 radical (unpaired) electrons. The number of amides is 1. The fourth-order valence-corrected chi connectivity index (χ4v) is 1.96. The van der Waals surface area contributed by atoms with Gasteiger partial charge < -0.3 is 10.0 Å². The Balaban J connectivity index is 2.54. The van der Waals surface area contributed by atoms with Crippen LogP contribution in [0.25, 0.3) is 0 Å². The van der Waals surface area contributed by atoms with E-state index in [0.717, 1.165) is 0 Å². The summed E-state index contributed by atoms with van der Waals surface area (Å²) in [6.07, 6.45) is 1.61. The van der Waals surface area contributed by atoms with E-state index in [4.69, 9.17) is 0 Å². The zero-order valence-electron chi connectivity index (χ0n) is 8.60. The van der Waals surface area contributed by atoms with E-state index >= 15 is 0 Å². The summed E-state index contributed by atoms with van der Waals surface area (Å²) in [5, 5.41) is 10.3. The zero-order chi connectivity index (χ0) is 11.1. The van der Waals surface area contributed by atoms with Crippen LogP contribution in [0.3, 0.4) is 0 Å². The normalized spacial score (nSPS) is 24.1. The minimum atomic E-state index is -1.22. The predicted octanol–water partition coefficient (Wildman–Crippen LogP) is 1.49. The van der Waals surface area contributed by atoms with E-state index in [0.29, 0.717) is 17.7 Å². The fraction of sp³-hybridized carbons (Fsp3) is 0.250. The van der Waals surface area contributed by atoms with E-state index in [9.17, 15) is 9.90 Å². The van der Waals surface area contributed by atoms with Crippen LogP contribution in [0, 0.1) is 0 Å². The second kappa shape index (κ2) is 3.21. The third kappa shape index (κ3) is 1.27. The number of hydrogen-bond donors (Lipinski definition) is 1. The average molecular weight is 203 g/mol. The second-order valence-corrected chi connectivity index (χ2v) is 3.77. The highest BCUT2D eigenvalue weighted by atomic mass is 16.3. The lowest BCUT2D eigenvalue weighted by Crippen LogP contribution is -2.41. The van der Waals surface area contributed by atoms with Gasteiger partial charge >= 0.3 is 0 Å². The summed E-state index contributed by atoms with van der Waals surface area (Å²) in [6.45, 7) is 5.55. The molecule has 1 atom stereocenters. The average Bonchev–Trinajstić information content (AvgIpc) is 2.41. The largest absolute Gasteiger partial charge is 0.367 e. The first-order valence-electron chi connectivity index (χ1n) is 4.84. The van der Waals surface area contributed by atoms with Crippen molar-refractivity contribution in [3.05, 3.63) is 48.0 Å². The van der Waals surface area contributed by atoms with E-state index in [2.05, 4.69) is 6.58 Å². The molecule has 1 amide bonds. The van der Waals surface area contributed by atoms with Gasteiger partial charge in [0.2, 0.25) is 0 Å². The predicted molar refractivity (Wildman–Crippen MR) is 57.2 cm³/mol. The van der Waals surface area contributed by atoms with Crippen LogP contribution in [0.4, 0.5) is 0 Å². The summed E-state index contributed by atoms with van der Waals surface area (Å²) in [5.41, 5.74) is 0.0169. The van der Waals surface area contributed by atoms with Gasteiger partial charge in [0.1, 0.15) is 0 Å². The molecule has 3 nitrogen and oxygen atoms in total. The first-order chi connectivity index (χ1) is 7.09. The van der Waals surface area contributed by atoms with Crippen LogP contribution in [0.2, 0.25) is 0 Å². The molecule has 0 bridgehead atoms. The zero-order valence-corrected chi connectivity index (χ0v) is 8.60. The SMILES string of the molecule is C=CCN1C(=O)c2ccccc2C1(C)O. The number of rotatable bonds is 2. The van der Waals surface area contributed by atoms with Crippen molar-refractivity contribution >= 4 is 5.91 Å². The monoisotopic (exact) mass is 203 g/mol. The lowest BCUT2D eigenvalue weighted by molar-refractivity contribution is -0.0631. The van der Waals surface area contributed by atoms with E-state index in [1.165, 1.54) is 4.90 Å². The molecule has 1 heterocycles. The van der Waals surface area contributed by atoms with Crippen molar-refractivity contribution in [3.63, 3.8) is 0 Å². The summed E-state index contributed by atoms with van der Waals surface area (Å²) in [6, 6.07) is 7.12. The van der Waals surface area contributed by atoms with Gasteiger partial charge in [-0.2, -0.15) is 0 Å². The van der Waals surface area contributed by atoms with Crippen molar-refractivity contribution in [2.75, 3.05) is 6.54 Å². The molecule has 0 aromatic heterocycles. The molecule has 1 aliphatic rings. The van der Waals surface area contributed by atoms with Gasteiger partial charge in [-0.05, 0) is 13.0 Å². The number of carbonyl (C=O) groups is 1. The summed E-state index contributed by atoms with van der Waals surface area (Å²) >= 11 is 0. The molecule has 78 valence electrons. The van der Waals surface area contributed by atoms with E-state index < -0.39 is 5.72 Å². The molecule has 0 saturated carbocycles. The third-order valence-corrected chi connectivity index (χ3v) is 2.75. The van der Waals surface area contributed by atoms with Gasteiger partial charge in [0.25, 0.3) is 5.91 Å². The molecule has 1 aromatic carbocycles. The van der Waals surface area contributed by atoms with Crippen LogP contribution < -0.4 is 0 Å². The highest BCUT2D eigenvalue weighted by Gasteiger charge is 2.43. The minimum Gasteiger partial charge on any atom is -0.367 e. The van der Waals surface area contributed by atoms with Gasteiger partial charge in [-0.15, -0.1) is 6.58 Å². The molecule has 2 rings (SSSR count). The maximum absolute atomic E-state index is 11.9. The van der Waals surface area contributed by atoms with Crippen molar-refractivity contribution < 1.29 is 9.90 Å². The Kier molecular flexibility index (Phi) is 2.12. The van der Waals surface area contributed by atoms with Crippen LogP contribution in [0.5, 0.6) is 0 Å². The number of hydrogen-bond acceptors (Lipinski definition) is 2. The van der Waals surface area contributed by atoms with Crippen LogP contribution in [0.1, 0.15) is 22.8 Å². The molecule has 15 heavy (non-hydrogen) atoms. The van der Waals surface area contributed by atoms with Gasteiger partial charge in [0, 0.05) is 17.7 Å². The van der Waals surface area contributed by atoms with Crippen molar-refractivity contribution in [1.82, 2.24) is 4.90 Å². The summed E-state index contributed by atoms with van der Waals surface area (Å²) in [4.78, 5) is 13.3. The minimum absolute atomic E-state index is 0.143. The van der Waals surface area contributed by atoms with E-state index in [-0.39, 0.29) is 5.91 Å². The van der Waals surface area contributed by atoms with Crippen LogP contribution >= 0.6 is 0 Å². The molecule has 1 aromatic rings. The number of benzene rings is 1. The van der Waals surface area contributed by atoms with Crippen molar-refractivity contribution in [2.45, 2.75) is 12.6 Å². The molecule has 0 saturated heterocycles. The van der Waals surface area contributed by atoms with Gasteiger partial charge in [-0.1, -0.05) is 24.3 Å². The van der Waals surface area contributed by atoms with Gasteiger partial charge in [0.15, 0.2) is 5.72 Å². The van der Waals surface area contributed by atoms with Crippen LogP contribution in [-0.2, 0) is 5.72 Å². The Morgan fingerprint density at radius 3 is 2.80 bits per heavy atom. The smallest absolute Gasteiger partial charge is 0.257 e. The summed E-state index contributed by atoms with van der Waals surface area (Å²) < 4.78 is 0. The third-order valence-electron chi connectivity index (χ3n) is 2.75. The lowest BCUT2D eigenvalue weighted by Gasteiger charge is -2.29. The molecule has 0 fully saturated rings. The van der Waals surface area contributed by atoms with Crippen molar-refractivity contribution in [3.8, 4) is 0 Å². The van der Waals surface area contributed by atoms with E-state index in [1.807, 2.05) is 6.07 Å². The van der Waals surface area contributed by atoms with Crippen molar-refractivity contribution in [2.24, 2.45) is 0 Å². The molecule has 1 N–H and O–H groups in total. The van der Waals surface area contributed by atoms with Crippen LogP contribution in [-0.4, -0.2) is 22.5 Å². The fourth-order valence-electron chi connectivity index (χ4n) is 1.96. The van der Waals surface area contributed by atoms with Crippen molar-refractivity contribution in [1.29, 1.82) is 0 Å². The Labute approximate surface area is 88.6 Å². The number of nitrogens with zero attached hydrogens (tertiary/aromatic N) is 1. The second-order valence-electron chi connectivity index (χ2n) is 3.77. The lowest BCUT2D eigenvalue weighted by atomic mass is 10.0. The molecular formula is C12H13NO2. The Hall–Kier alpha value is -1.61. The summed E-state index contributed by atoms with van der Waals surface area (Å²) in [5.74, 6) is -0.143. The molecule has 1 unspecified atom stereocenters. The highest BCUT2D eigenvalue weighted by molar-refractivity contribution is 5.99.